The molecular formula is C14H14F2N2S. The van der Waals surface area contributed by atoms with E-state index in [0.29, 0.717) is 10.7 Å². The first-order valence-corrected chi connectivity index (χ1v) is 6.41. The third-order valence-electron chi connectivity index (χ3n) is 2.63. The summed E-state index contributed by atoms with van der Waals surface area (Å²) in [4.78, 5) is 0. The SMILES string of the molecule is Fc1cc(F)cc(CNC(=S)NC2=CCCC=C2)c1. The Hall–Kier alpha value is -1.75. The average Bonchev–Trinajstić information content (AvgIpc) is 2.36. The van der Waals surface area contributed by atoms with Gasteiger partial charge in [-0.2, -0.15) is 0 Å². The summed E-state index contributed by atoms with van der Waals surface area (Å²) in [5.41, 5.74) is 1.45. The van der Waals surface area contributed by atoms with Gasteiger partial charge in [0.2, 0.25) is 0 Å². The van der Waals surface area contributed by atoms with E-state index in [4.69, 9.17) is 12.2 Å². The third kappa shape index (κ3) is 4.44. The molecule has 0 amide bonds. The van der Waals surface area contributed by atoms with Gasteiger partial charge in [0, 0.05) is 18.3 Å². The fraction of sp³-hybridized carbons (Fsp3) is 0.214. The molecule has 2 rings (SSSR count). The molecule has 0 heterocycles. The summed E-state index contributed by atoms with van der Waals surface area (Å²) in [6.45, 7) is 0.275. The highest BCUT2D eigenvalue weighted by Crippen LogP contribution is 2.08. The fourth-order valence-corrected chi connectivity index (χ4v) is 1.97. The molecule has 0 fully saturated rings. The van der Waals surface area contributed by atoms with Crippen LogP contribution in [0.25, 0.3) is 0 Å². The van der Waals surface area contributed by atoms with Crippen molar-refractivity contribution in [1.82, 2.24) is 10.6 Å². The number of hydrogen-bond donors (Lipinski definition) is 2. The van der Waals surface area contributed by atoms with Gasteiger partial charge in [-0.05, 0) is 48.8 Å². The molecule has 1 aliphatic carbocycles. The summed E-state index contributed by atoms with van der Waals surface area (Å²) in [6, 6.07) is 3.40. The van der Waals surface area contributed by atoms with Crippen molar-refractivity contribution in [3.8, 4) is 0 Å². The predicted molar refractivity (Wildman–Crippen MR) is 75.4 cm³/mol. The summed E-state index contributed by atoms with van der Waals surface area (Å²) in [6.07, 6.45) is 8.09. The van der Waals surface area contributed by atoms with E-state index in [9.17, 15) is 8.78 Å². The smallest absolute Gasteiger partial charge is 0.171 e. The normalized spacial score (nSPS) is 13.9. The maximum Gasteiger partial charge on any atom is 0.171 e. The Morgan fingerprint density at radius 1 is 1.16 bits per heavy atom. The van der Waals surface area contributed by atoms with Gasteiger partial charge < -0.3 is 10.6 Å². The Bertz CT molecular complexity index is 518. The standard InChI is InChI=1S/C14H14F2N2S/c15-11-6-10(7-12(16)8-11)9-17-14(19)18-13-4-2-1-3-5-13/h2,4-8H,1,3,9H2,(H2,17,18,19). The average molecular weight is 280 g/mol. The molecule has 0 radical (unpaired) electrons. The summed E-state index contributed by atoms with van der Waals surface area (Å²) < 4.78 is 26.0. The van der Waals surface area contributed by atoms with Crippen LogP contribution in [0, 0.1) is 11.6 Å². The largest absolute Gasteiger partial charge is 0.358 e. The van der Waals surface area contributed by atoms with Gasteiger partial charge >= 0.3 is 0 Å². The fourth-order valence-electron chi connectivity index (χ4n) is 1.78. The minimum atomic E-state index is -0.589. The van der Waals surface area contributed by atoms with E-state index >= 15 is 0 Å². The van der Waals surface area contributed by atoms with Crippen molar-refractivity contribution < 1.29 is 8.78 Å². The maximum atomic E-state index is 13.0. The highest BCUT2D eigenvalue weighted by Gasteiger charge is 2.03. The molecule has 0 aliphatic heterocycles. The van der Waals surface area contributed by atoms with Gasteiger partial charge in [0.15, 0.2) is 5.11 Å². The quantitative estimate of drug-likeness (QED) is 0.832. The van der Waals surface area contributed by atoms with Crippen LogP contribution in [0.15, 0.2) is 42.1 Å². The topological polar surface area (TPSA) is 24.1 Å². The van der Waals surface area contributed by atoms with Crippen molar-refractivity contribution in [3.05, 3.63) is 59.3 Å². The molecule has 0 aromatic heterocycles. The molecule has 0 saturated heterocycles. The Labute approximate surface area is 116 Å². The number of rotatable bonds is 3. The van der Waals surface area contributed by atoms with Crippen molar-refractivity contribution in [2.24, 2.45) is 0 Å². The molecule has 5 heteroatoms. The second kappa shape index (κ2) is 6.43. The number of nitrogens with one attached hydrogen (secondary N) is 2. The first-order chi connectivity index (χ1) is 9.13. The van der Waals surface area contributed by atoms with Crippen LogP contribution in [0.1, 0.15) is 18.4 Å². The molecule has 2 nitrogen and oxygen atoms in total. The van der Waals surface area contributed by atoms with E-state index in [0.717, 1.165) is 24.6 Å². The van der Waals surface area contributed by atoms with Crippen LogP contribution in [0.2, 0.25) is 0 Å². The Morgan fingerprint density at radius 3 is 2.53 bits per heavy atom. The number of allylic oxidation sites excluding steroid dienone is 3. The molecule has 100 valence electrons. The molecule has 1 aromatic carbocycles. The molecule has 19 heavy (non-hydrogen) atoms. The summed E-state index contributed by atoms with van der Waals surface area (Å²) in [5.74, 6) is -1.18. The molecule has 1 aliphatic rings. The zero-order valence-electron chi connectivity index (χ0n) is 10.2. The maximum absolute atomic E-state index is 13.0. The van der Waals surface area contributed by atoms with Crippen molar-refractivity contribution in [3.63, 3.8) is 0 Å². The molecule has 0 unspecified atom stereocenters. The van der Waals surface area contributed by atoms with E-state index in [-0.39, 0.29) is 6.54 Å². The monoisotopic (exact) mass is 280 g/mol. The Balaban J connectivity index is 1.86. The van der Waals surface area contributed by atoms with Gasteiger partial charge in [0.1, 0.15) is 11.6 Å². The van der Waals surface area contributed by atoms with Crippen molar-refractivity contribution in [2.45, 2.75) is 19.4 Å². The first-order valence-electron chi connectivity index (χ1n) is 6.00. The molecule has 0 saturated carbocycles. The predicted octanol–water partition coefficient (Wildman–Crippen LogP) is 3.16. The highest BCUT2D eigenvalue weighted by atomic mass is 32.1. The van der Waals surface area contributed by atoms with E-state index < -0.39 is 11.6 Å². The van der Waals surface area contributed by atoms with Crippen LogP contribution >= 0.6 is 12.2 Å². The number of hydrogen-bond acceptors (Lipinski definition) is 1. The van der Waals surface area contributed by atoms with Crippen LogP contribution in [0.3, 0.4) is 0 Å². The first kappa shape index (κ1) is 13.7. The van der Waals surface area contributed by atoms with Gasteiger partial charge in [-0.15, -0.1) is 0 Å². The van der Waals surface area contributed by atoms with Crippen LogP contribution in [-0.4, -0.2) is 5.11 Å². The van der Waals surface area contributed by atoms with Crippen LogP contribution < -0.4 is 10.6 Å². The molecule has 2 N–H and O–H groups in total. The van der Waals surface area contributed by atoms with Crippen LogP contribution in [-0.2, 0) is 6.54 Å². The zero-order chi connectivity index (χ0) is 13.7. The summed E-state index contributed by atoms with van der Waals surface area (Å²) in [7, 11) is 0. The van der Waals surface area contributed by atoms with E-state index in [1.807, 2.05) is 6.08 Å². The minimum Gasteiger partial charge on any atom is -0.358 e. The van der Waals surface area contributed by atoms with Gasteiger partial charge in [-0.1, -0.05) is 12.2 Å². The van der Waals surface area contributed by atoms with E-state index in [2.05, 4.69) is 22.8 Å². The van der Waals surface area contributed by atoms with Crippen molar-refractivity contribution in [2.75, 3.05) is 0 Å². The Morgan fingerprint density at radius 2 is 1.89 bits per heavy atom. The second-order valence-corrected chi connectivity index (χ2v) is 4.63. The second-order valence-electron chi connectivity index (χ2n) is 4.22. The van der Waals surface area contributed by atoms with E-state index in [1.165, 1.54) is 12.1 Å². The molecule has 0 spiro atoms. The third-order valence-corrected chi connectivity index (χ3v) is 2.87. The summed E-state index contributed by atoms with van der Waals surface area (Å²) in [5, 5.41) is 6.37. The lowest BCUT2D eigenvalue weighted by molar-refractivity contribution is 0.579. The highest BCUT2D eigenvalue weighted by molar-refractivity contribution is 7.80. The minimum absolute atomic E-state index is 0.275. The number of halogens is 2. The lowest BCUT2D eigenvalue weighted by Crippen LogP contribution is -2.34. The molecular weight excluding hydrogens is 266 g/mol. The number of benzene rings is 1. The van der Waals surface area contributed by atoms with Crippen molar-refractivity contribution in [1.29, 1.82) is 0 Å². The molecule has 1 aromatic rings. The lowest BCUT2D eigenvalue weighted by atomic mass is 10.1. The van der Waals surface area contributed by atoms with Crippen molar-refractivity contribution >= 4 is 17.3 Å². The van der Waals surface area contributed by atoms with Gasteiger partial charge in [0.05, 0.1) is 0 Å². The van der Waals surface area contributed by atoms with Crippen LogP contribution in [0.4, 0.5) is 8.78 Å². The molecule has 0 bridgehead atoms. The van der Waals surface area contributed by atoms with E-state index in [1.54, 1.807) is 0 Å². The van der Waals surface area contributed by atoms with Gasteiger partial charge in [-0.25, -0.2) is 8.78 Å². The lowest BCUT2D eigenvalue weighted by Gasteiger charge is -2.13. The molecule has 0 atom stereocenters. The zero-order valence-corrected chi connectivity index (χ0v) is 11.1. The van der Waals surface area contributed by atoms with Gasteiger partial charge in [-0.3, -0.25) is 0 Å². The number of thiocarbonyl (C=S) groups is 1. The summed E-state index contributed by atoms with van der Waals surface area (Å²) >= 11 is 5.12. The van der Waals surface area contributed by atoms with Gasteiger partial charge in [0.25, 0.3) is 0 Å². The Kier molecular flexibility index (Phi) is 4.63. The van der Waals surface area contributed by atoms with Crippen LogP contribution in [0.5, 0.6) is 0 Å².